The fraction of sp³-hybridized carbons (Fsp3) is 0.0588. The molecule has 2 heterocycles. The van der Waals surface area contributed by atoms with Gasteiger partial charge < -0.3 is 9.72 Å². The van der Waals surface area contributed by atoms with E-state index in [1.54, 1.807) is 30.3 Å². The Morgan fingerprint density at radius 1 is 1.15 bits per heavy atom. The molecule has 0 aliphatic carbocycles. The Labute approximate surface area is 161 Å². The standard InChI is InChI=1S/C17H11Cl2N5O3/c1-27-17(26)22-16-20-10-5-2-7(6-11(10)21-16)14-12-8(18)3-4-9(19)13(12)15(25)24-23-14/h2-6H,1H3,(H,24,25)(H2,20,21,22,26). The van der Waals surface area contributed by atoms with Crippen LogP contribution in [0.5, 0.6) is 0 Å². The van der Waals surface area contributed by atoms with Crippen LogP contribution in [0.2, 0.25) is 10.0 Å². The molecule has 0 atom stereocenters. The van der Waals surface area contributed by atoms with E-state index < -0.39 is 11.7 Å². The van der Waals surface area contributed by atoms with Gasteiger partial charge in [0.2, 0.25) is 5.95 Å². The van der Waals surface area contributed by atoms with Crippen molar-refractivity contribution in [3.63, 3.8) is 0 Å². The summed E-state index contributed by atoms with van der Waals surface area (Å²) in [6, 6.07) is 8.49. The molecule has 0 radical (unpaired) electrons. The van der Waals surface area contributed by atoms with E-state index in [-0.39, 0.29) is 16.4 Å². The molecule has 8 nitrogen and oxygen atoms in total. The molecule has 10 heteroatoms. The fourth-order valence-electron chi connectivity index (χ4n) is 2.80. The molecule has 136 valence electrons. The lowest BCUT2D eigenvalue weighted by Crippen LogP contribution is -2.11. The zero-order chi connectivity index (χ0) is 19.1. The monoisotopic (exact) mass is 403 g/mol. The summed E-state index contributed by atoms with van der Waals surface area (Å²) in [6.07, 6.45) is -0.635. The lowest BCUT2D eigenvalue weighted by atomic mass is 10.0. The number of aromatic amines is 2. The van der Waals surface area contributed by atoms with Crippen LogP contribution in [0.4, 0.5) is 10.7 Å². The second-order valence-electron chi connectivity index (χ2n) is 5.61. The second kappa shape index (κ2) is 6.57. The van der Waals surface area contributed by atoms with Crippen LogP contribution >= 0.6 is 23.2 Å². The molecular weight excluding hydrogens is 393 g/mol. The predicted molar refractivity (Wildman–Crippen MR) is 103 cm³/mol. The number of halogens is 2. The highest BCUT2D eigenvalue weighted by Gasteiger charge is 2.16. The van der Waals surface area contributed by atoms with Crippen molar-refractivity contribution >= 4 is 57.0 Å². The molecule has 0 bridgehead atoms. The van der Waals surface area contributed by atoms with E-state index in [0.29, 0.717) is 32.7 Å². The number of methoxy groups -OCH3 is 1. The number of fused-ring (bicyclic) bond motifs is 2. The number of hydrogen-bond acceptors (Lipinski definition) is 5. The average Bonchev–Trinajstić information content (AvgIpc) is 3.06. The number of ether oxygens (including phenoxy) is 1. The molecule has 27 heavy (non-hydrogen) atoms. The van der Waals surface area contributed by atoms with Crippen LogP contribution in [-0.4, -0.2) is 33.4 Å². The van der Waals surface area contributed by atoms with Crippen LogP contribution in [0.3, 0.4) is 0 Å². The number of carbonyl (C=O) groups excluding carboxylic acids is 1. The Morgan fingerprint density at radius 3 is 2.63 bits per heavy atom. The van der Waals surface area contributed by atoms with Gasteiger partial charge in [0.05, 0.1) is 33.6 Å². The van der Waals surface area contributed by atoms with Crippen molar-refractivity contribution < 1.29 is 9.53 Å². The Morgan fingerprint density at radius 2 is 1.89 bits per heavy atom. The molecule has 4 aromatic rings. The summed E-state index contributed by atoms with van der Waals surface area (Å²) in [6.45, 7) is 0. The number of benzene rings is 2. The third kappa shape index (κ3) is 2.98. The van der Waals surface area contributed by atoms with E-state index in [2.05, 4.69) is 30.2 Å². The molecule has 0 aliphatic rings. The van der Waals surface area contributed by atoms with Crippen molar-refractivity contribution in [3.8, 4) is 11.3 Å². The first-order valence-corrected chi connectivity index (χ1v) is 8.45. The number of carbonyl (C=O) groups is 1. The van der Waals surface area contributed by atoms with Crippen LogP contribution in [0, 0.1) is 0 Å². The zero-order valence-corrected chi connectivity index (χ0v) is 15.3. The van der Waals surface area contributed by atoms with Gasteiger partial charge in [0.25, 0.3) is 5.56 Å². The minimum atomic E-state index is -0.635. The number of aromatic nitrogens is 4. The summed E-state index contributed by atoms with van der Waals surface area (Å²) < 4.78 is 4.55. The summed E-state index contributed by atoms with van der Waals surface area (Å²) in [5.74, 6) is 0.245. The van der Waals surface area contributed by atoms with Crippen molar-refractivity contribution in [2.75, 3.05) is 12.4 Å². The maximum atomic E-state index is 12.2. The van der Waals surface area contributed by atoms with Gasteiger partial charge in [-0.3, -0.25) is 10.1 Å². The van der Waals surface area contributed by atoms with Crippen molar-refractivity contribution in [1.82, 2.24) is 20.2 Å². The zero-order valence-electron chi connectivity index (χ0n) is 13.8. The van der Waals surface area contributed by atoms with Crippen molar-refractivity contribution in [2.24, 2.45) is 0 Å². The molecule has 0 spiro atoms. The van der Waals surface area contributed by atoms with Crippen molar-refractivity contribution in [3.05, 3.63) is 50.7 Å². The second-order valence-corrected chi connectivity index (χ2v) is 6.43. The van der Waals surface area contributed by atoms with E-state index in [1.807, 2.05) is 0 Å². The van der Waals surface area contributed by atoms with Gasteiger partial charge in [0, 0.05) is 10.9 Å². The molecule has 3 N–H and O–H groups in total. The number of nitrogens with one attached hydrogen (secondary N) is 3. The number of amides is 1. The number of anilines is 1. The average molecular weight is 404 g/mol. The summed E-state index contributed by atoms with van der Waals surface area (Å²) in [5.41, 5.74) is 2.01. The van der Waals surface area contributed by atoms with Gasteiger partial charge in [0.15, 0.2) is 0 Å². The summed E-state index contributed by atoms with van der Waals surface area (Å²) in [4.78, 5) is 30.7. The number of imidazole rings is 1. The molecule has 0 saturated carbocycles. The minimum absolute atomic E-state index is 0.245. The molecule has 0 aliphatic heterocycles. The lowest BCUT2D eigenvalue weighted by molar-refractivity contribution is 0.186. The maximum absolute atomic E-state index is 12.2. The first kappa shape index (κ1) is 17.3. The number of nitrogens with zero attached hydrogens (tertiary/aromatic N) is 2. The minimum Gasteiger partial charge on any atom is -0.453 e. The van der Waals surface area contributed by atoms with Gasteiger partial charge in [-0.1, -0.05) is 29.3 Å². The Kier molecular flexibility index (Phi) is 4.21. The van der Waals surface area contributed by atoms with Gasteiger partial charge in [-0.15, -0.1) is 0 Å². The smallest absolute Gasteiger partial charge is 0.413 e. The first-order valence-electron chi connectivity index (χ1n) is 7.69. The van der Waals surface area contributed by atoms with Crippen LogP contribution in [0.25, 0.3) is 33.1 Å². The van der Waals surface area contributed by atoms with Crippen LogP contribution in [-0.2, 0) is 4.74 Å². The maximum Gasteiger partial charge on any atom is 0.413 e. The SMILES string of the molecule is COC(=O)Nc1nc2ccc(-c3n[nH]c(=O)c4c(Cl)ccc(Cl)c34)cc2[nH]1. The highest BCUT2D eigenvalue weighted by molar-refractivity contribution is 6.41. The summed E-state index contributed by atoms with van der Waals surface area (Å²) in [5, 5.41) is 10.4. The van der Waals surface area contributed by atoms with Crippen LogP contribution < -0.4 is 10.9 Å². The molecule has 0 unspecified atom stereocenters. The van der Waals surface area contributed by atoms with Gasteiger partial charge in [0.1, 0.15) is 5.69 Å². The molecule has 0 saturated heterocycles. The molecular formula is C17H11Cl2N5O3. The van der Waals surface area contributed by atoms with Crippen LogP contribution in [0.1, 0.15) is 0 Å². The van der Waals surface area contributed by atoms with Crippen LogP contribution in [0.15, 0.2) is 35.1 Å². The molecule has 0 fully saturated rings. The van der Waals surface area contributed by atoms with Crippen molar-refractivity contribution in [2.45, 2.75) is 0 Å². The third-order valence-electron chi connectivity index (χ3n) is 4.00. The molecule has 2 aromatic carbocycles. The van der Waals surface area contributed by atoms with E-state index in [1.165, 1.54) is 7.11 Å². The quantitative estimate of drug-likeness (QED) is 0.468. The van der Waals surface area contributed by atoms with Gasteiger partial charge in [-0.05, 0) is 24.3 Å². The largest absolute Gasteiger partial charge is 0.453 e. The highest BCUT2D eigenvalue weighted by atomic mass is 35.5. The number of rotatable bonds is 2. The Bertz CT molecular complexity index is 1260. The number of H-pyrrole nitrogens is 2. The van der Waals surface area contributed by atoms with E-state index in [9.17, 15) is 9.59 Å². The van der Waals surface area contributed by atoms with Gasteiger partial charge in [-0.25, -0.2) is 14.9 Å². The topological polar surface area (TPSA) is 113 Å². The third-order valence-corrected chi connectivity index (χ3v) is 4.63. The molecule has 1 amide bonds. The van der Waals surface area contributed by atoms with E-state index in [4.69, 9.17) is 23.2 Å². The highest BCUT2D eigenvalue weighted by Crippen LogP contribution is 2.34. The predicted octanol–water partition coefficient (Wildman–Crippen LogP) is 3.95. The Balaban J connectivity index is 1.90. The Hall–Kier alpha value is -3.10. The van der Waals surface area contributed by atoms with Gasteiger partial charge in [-0.2, -0.15) is 5.10 Å². The summed E-state index contributed by atoms with van der Waals surface area (Å²) in [7, 11) is 1.26. The first-order chi connectivity index (χ1) is 13.0. The van der Waals surface area contributed by atoms with Gasteiger partial charge >= 0.3 is 6.09 Å². The molecule has 4 rings (SSSR count). The molecule has 2 aromatic heterocycles. The van der Waals surface area contributed by atoms with Crippen molar-refractivity contribution in [1.29, 1.82) is 0 Å². The fourth-order valence-corrected chi connectivity index (χ4v) is 3.29. The lowest BCUT2D eigenvalue weighted by Gasteiger charge is -2.08. The summed E-state index contributed by atoms with van der Waals surface area (Å²) >= 11 is 12.5. The van der Waals surface area contributed by atoms with E-state index in [0.717, 1.165) is 0 Å². The normalized spacial score (nSPS) is 11.1. The van der Waals surface area contributed by atoms with E-state index >= 15 is 0 Å². The number of hydrogen-bond donors (Lipinski definition) is 3.